The van der Waals surface area contributed by atoms with E-state index in [0.717, 1.165) is 42.7 Å². The number of nitrogens with one attached hydrogen (secondary N) is 2. The van der Waals surface area contributed by atoms with Gasteiger partial charge in [0.25, 0.3) is 0 Å². The number of hydrogen-bond donors (Lipinski definition) is 2. The van der Waals surface area contributed by atoms with Gasteiger partial charge in [0.1, 0.15) is 0 Å². The molecule has 0 saturated carbocycles. The number of rotatable bonds is 8. The molecule has 0 aliphatic carbocycles. The topological polar surface area (TPSA) is 70.7 Å². The second-order valence-electron chi connectivity index (χ2n) is 5.82. The molecule has 0 aromatic heterocycles. The van der Waals surface area contributed by atoms with Crippen LogP contribution in [0.25, 0.3) is 0 Å². The van der Waals surface area contributed by atoms with Crippen molar-refractivity contribution in [3.05, 3.63) is 23.8 Å². The fourth-order valence-electron chi connectivity index (χ4n) is 2.80. The van der Waals surface area contributed by atoms with Gasteiger partial charge in [-0.3, -0.25) is 4.79 Å². The summed E-state index contributed by atoms with van der Waals surface area (Å²) in [5.74, 6) is 0.178. The molecule has 24 heavy (non-hydrogen) atoms. The first-order valence-electron chi connectivity index (χ1n) is 8.71. The Kier molecular flexibility index (Phi) is 7.06. The third-order valence-corrected chi connectivity index (χ3v) is 3.94. The van der Waals surface area contributed by atoms with Crippen LogP contribution in [0.5, 0.6) is 0 Å². The van der Waals surface area contributed by atoms with Gasteiger partial charge >= 0.3 is 6.03 Å². The number of aryl methyl sites for hydroxylation is 1. The molecular formula is C18H27N3O3. The molecule has 0 atom stereocenters. The van der Waals surface area contributed by atoms with Crippen LogP contribution < -0.4 is 15.5 Å². The van der Waals surface area contributed by atoms with Crippen LogP contribution in [0.2, 0.25) is 0 Å². The third-order valence-electron chi connectivity index (χ3n) is 3.94. The van der Waals surface area contributed by atoms with Crippen LogP contribution in [-0.4, -0.2) is 38.2 Å². The molecule has 0 radical (unpaired) electrons. The molecule has 1 aromatic carbocycles. The van der Waals surface area contributed by atoms with E-state index in [0.29, 0.717) is 26.2 Å². The van der Waals surface area contributed by atoms with E-state index in [-0.39, 0.29) is 11.9 Å². The molecule has 0 spiro atoms. The lowest BCUT2D eigenvalue weighted by molar-refractivity contribution is -0.118. The first-order chi connectivity index (χ1) is 11.7. The molecular weight excluding hydrogens is 306 g/mol. The molecule has 1 heterocycles. The highest BCUT2D eigenvalue weighted by Gasteiger charge is 2.23. The van der Waals surface area contributed by atoms with Gasteiger partial charge in [0, 0.05) is 44.1 Å². The number of urea groups is 1. The number of carbonyl (C=O) groups is 2. The van der Waals surface area contributed by atoms with Crippen molar-refractivity contribution >= 4 is 23.3 Å². The first-order valence-corrected chi connectivity index (χ1v) is 8.71. The van der Waals surface area contributed by atoms with Gasteiger partial charge in [-0.25, -0.2) is 4.79 Å². The number of fused-ring (bicyclic) bond motifs is 1. The smallest absolute Gasteiger partial charge is 0.319 e. The summed E-state index contributed by atoms with van der Waals surface area (Å²) in [5.41, 5.74) is 2.83. The largest absolute Gasteiger partial charge is 0.382 e. The van der Waals surface area contributed by atoms with E-state index >= 15 is 0 Å². The van der Waals surface area contributed by atoms with Gasteiger partial charge in [-0.1, -0.05) is 6.92 Å². The minimum Gasteiger partial charge on any atom is -0.382 e. The average Bonchev–Trinajstić information content (AvgIpc) is 2.57. The van der Waals surface area contributed by atoms with Crippen molar-refractivity contribution in [3.63, 3.8) is 0 Å². The fraction of sp³-hybridized carbons (Fsp3) is 0.556. The van der Waals surface area contributed by atoms with E-state index in [4.69, 9.17) is 4.74 Å². The fourth-order valence-corrected chi connectivity index (χ4v) is 2.80. The summed E-state index contributed by atoms with van der Waals surface area (Å²) in [6, 6.07) is 5.51. The molecule has 1 aromatic rings. The van der Waals surface area contributed by atoms with Crippen LogP contribution in [0.1, 0.15) is 38.7 Å². The van der Waals surface area contributed by atoms with E-state index < -0.39 is 0 Å². The molecule has 0 saturated heterocycles. The first kappa shape index (κ1) is 18.3. The Bertz CT molecular complexity index is 575. The van der Waals surface area contributed by atoms with Crippen molar-refractivity contribution < 1.29 is 14.3 Å². The minimum atomic E-state index is -0.219. The lowest BCUT2D eigenvalue weighted by Gasteiger charge is -2.29. The maximum absolute atomic E-state index is 12.0. The van der Waals surface area contributed by atoms with Gasteiger partial charge in [-0.15, -0.1) is 0 Å². The number of nitrogens with zero attached hydrogens (tertiary/aromatic N) is 1. The number of amides is 3. The number of hydrogen-bond acceptors (Lipinski definition) is 3. The average molecular weight is 333 g/mol. The summed E-state index contributed by atoms with van der Waals surface area (Å²) in [6.45, 7) is 6.67. The third kappa shape index (κ3) is 4.96. The summed E-state index contributed by atoms with van der Waals surface area (Å²) in [6.07, 6.45) is 2.97. The van der Waals surface area contributed by atoms with Crippen molar-refractivity contribution in [3.8, 4) is 0 Å². The van der Waals surface area contributed by atoms with Crippen molar-refractivity contribution in [1.82, 2.24) is 5.32 Å². The van der Waals surface area contributed by atoms with Gasteiger partial charge in [-0.2, -0.15) is 0 Å². The van der Waals surface area contributed by atoms with Crippen LogP contribution in [0.3, 0.4) is 0 Å². The van der Waals surface area contributed by atoms with Crippen molar-refractivity contribution in [2.24, 2.45) is 0 Å². The highest BCUT2D eigenvalue weighted by Crippen LogP contribution is 2.30. The van der Waals surface area contributed by atoms with Gasteiger partial charge in [0.2, 0.25) is 5.91 Å². The summed E-state index contributed by atoms with van der Waals surface area (Å²) < 4.78 is 5.23. The second kappa shape index (κ2) is 9.27. The summed E-state index contributed by atoms with van der Waals surface area (Å²) in [4.78, 5) is 25.8. The molecule has 0 unspecified atom stereocenters. The monoisotopic (exact) mass is 333 g/mol. The zero-order chi connectivity index (χ0) is 17.4. The van der Waals surface area contributed by atoms with Gasteiger partial charge < -0.3 is 20.3 Å². The van der Waals surface area contributed by atoms with Crippen LogP contribution in [0.15, 0.2) is 18.2 Å². The normalized spacial score (nSPS) is 13.6. The highest BCUT2D eigenvalue weighted by molar-refractivity contribution is 5.97. The molecule has 6 nitrogen and oxygen atoms in total. The lowest BCUT2D eigenvalue weighted by atomic mass is 10.00. The maximum Gasteiger partial charge on any atom is 0.319 e. The van der Waals surface area contributed by atoms with E-state index in [9.17, 15) is 9.59 Å². The Morgan fingerprint density at radius 2 is 2.12 bits per heavy atom. The quantitative estimate of drug-likeness (QED) is 0.719. The summed E-state index contributed by atoms with van der Waals surface area (Å²) in [5, 5.41) is 5.66. The van der Waals surface area contributed by atoms with E-state index in [1.54, 1.807) is 0 Å². The van der Waals surface area contributed by atoms with E-state index in [2.05, 4.69) is 17.6 Å². The molecule has 2 rings (SSSR count). The second-order valence-corrected chi connectivity index (χ2v) is 5.82. The van der Waals surface area contributed by atoms with Gasteiger partial charge in [-0.05, 0) is 49.9 Å². The predicted octanol–water partition coefficient (Wildman–Crippen LogP) is 2.92. The maximum atomic E-state index is 12.0. The molecule has 6 heteroatoms. The van der Waals surface area contributed by atoms with Crippen LogP contribution in [-0.2, 0) is 16.0 Å². The van der Waals surface area contributed by atoms with E-state index in [1.165, 1.54) is 0 Å². The zero-order valence-corrected chi connectivity index (χ0v) is 14.6. The lowest BCUT2D eigenvalue weighted by Crippen LogP contribution is -2.35. The van der Waals surface area contributed by atoms with E-state index in [1.807, 2.05) is 30.0 Å². The Hall–Kier alpha value is -2.08. The summed E-state index contributed by atoms with van der Waals surface area (Å²) >= 11 is 0. The molecule has 3 amide bonds. The summed E-state index contributed by atoms with van der Waals surface area (Å²) in [7, 11) is 0. The number of anilines is 2. The molecule has 0 bridgehead atoms. The Morgan fingerprint density at radius 1 is 1.29 bits per heavy atom. The molecule has 2 N–H and O–H groups in total. The van der Waals surface area contributed by atoms with Crippen LogP contribution in [0, 0.1) is 0 Å². The Balaban J connectivity index is 1.91. The molecule has 1 aliphatic heterocycles. The number of carbonyl (C=O) groups excluding carboxylic acids is 2. The van der Waals surface area contributed by atoms with Crippen LogP contribution in [0.4, 0.5) is 16.2 Å². The zero-order valence-electron chi connectivity index (χ0n) is 14.6. The van der Waals surface area contributed by atoms with Gasteiger partial charge in [0.05, 0.1) is 0 Å². The SMILES string of the molecule is CCCN1C(=O)CCc2cc(NC(=O)NCCCOCC)ccc21. The minimum absolute atomic E-state index is 0.178. The Labute approximate surface area is 143 Å². The Morgan fingerprint density at radius 3 is 2.88 bits per heavy atom. The van der Waals surface area contributed by atoms with Crippen LogP contribution >= 0.6 is 0 Å². The van der Waals surface area contributed by atoms with Crippen molar-refractivity contribution in [1.29, 1.82) is 0 Å². The standard InChI is InChI=1S/C18H27N3O3/c1-3-11-21-16-8-7-15(13-14(16)6-9-17(21)22)20-18(23)19-10-5-12-24-4-2/h7-8,13H,3-6,9-12H2,1-2H3,(H2,19,20,23). The molecule has 1 aliphatic rings. The predicted molar refractivity (Wildman–Crippen MR) is 95.5 cm³/mol. The molecule has 0 fully saturated rings. The molecule has 132 valence electrons. The number of ether oxygens (including phenoxy) is 1. The van der Waals surface area contributed by atoms with Crippen molar-refractivity contribution in [2.75, 3.05) is 36.5 Å². The van der Waals surface area contributed by atoms with Crippen molar-refractivity contribution in [2.45, 2.75) is 39.5 Å². The van der Waals surface area contributed by atoms with Gasteiger partial charge in [0.15, 0.2) is 0 Å². The highest BCUT2D eigenvalue weighted by atomic mass is 16.5. The number of benzene rings is 1.